The third-order valence-electron chi connectivity index (χ3n) is 3.83. The summed E-state index contributed by atoms with van der Waals surface area (Å²) in [5.74, 6) is 1.18. The molecule has 0 fully saturated rings. The Bertz CT molecular complexity index is 895. The van der Waals surface area contributed by atoms with Crippen molar-refractivity contribution >= 4 is 28.6 Å². The first-order valence-electron chi connectivity index (χ1n) is 7.42. The minimum absolute atomic E-state index is 0.134. The Morgan fingerprint density at radius 2 is 2.21 bits per heavy atom. The van der Waals surface area contributed by atoms with Crippen LogP contribution < -0.4 is 16.4 Å². The molecular formula is C15H17N9. The Labute approximate surface area is 138 Å². The molecule has 0 aliphatic carbocycles. The fourth-order valence-corrected chi connectivity index (χ4v) is 2.66. The molecule has 0 aromatic carbocycles. The molecule has 0 radical (unpaired) electrons. The summed E-state index contributed by atoms with van der Waals surface area (Å²) in [4.78, 5) is 14.6. The molecule has 0 amide bonds. The molecular weight excluding hydrogens is 306 g/mol. The normalized spacial score (nSPS) is 12.0. The van der Waals surface area contributed by atoms with E-state index in [1.54, 1.807) is 12.4 Å². The minimum atomic E-state index is -0.153. The van der Waals surface area contributed by atoms with E-state index in [2.05, 4.69) is 31.2 Å². The van der Waals surface area contributed by atoms with Crippen molar-refractivity contribution < 1.29 is 0 Å². The van der Waals surface area contributed by atoms with Gasteiger partial charge in [0.05, 0.1) is 30.1 Å². The van der Waals surface area contributed by atoms with E-state index < -0.39 is 0 Å². The van der Waals surface area contributed by atoms with Crippen molar-refractivity contribution in [3.63, 3.8) is 0 Å². The number of aromatic nitrogens is 5. The second-order valence-electron chi connectivity index (χ2n) is 5.29. The maximum atomic E-state index is 9.01. The Morgan fingerprint density at radius 1 is 1.38 bits per heavy atom. The number of nitriles is 1. The van der Waals surface area contributed by atoms with Gasteiger partial charge >= 0.3 is 0 Å². The number of nitrogens with two attached hydrogens (primary N) is 2. The molecule has 3 heterocycles. The number of nitrogen functional groups attached to an aromatic ring is 2. The van der Waals surface area contributed by atoms with Crippen LogP contribution in [-0.2, 0) is 0 Å². The largest absolute Gasteiger partial charge is 0.383 e. The van der Waals surface area contributed by atoms with Crippen LogP contribution in [0.4, 0.5) is 17.6 Å². The highest BCUT2D eigenvalue weighted by atomic mass is 15.3. The number of rotatable bonds is 5. The van der Waals surface area contributed by atoms with Crippen LogP contribution in [0.2, 0.25) is 0 Å². The van der Waals surface area contributed by atoms with Crippen LogP contribution in [0.15, 0.2) is 24.5 Å². The molecule has 0 aliphatic heterocycles. The van der Waals surface area contributed by atoms with E-state index in [9.17, 15) is 0 Å². The number of fused-ring (bicyclic) bond motifs is 1. The zero-order chi connectivity index (χ0) is 17.1. The molecule has 5 N–H and O–H groups in total. The van der Waals surface area contributed by atoms with Crippen molar-refractivity contribution in [3.05, 3.63) is 30.1 Å². The first-order valence-corrected chi connectivity index (χ1v) is 7.42. The van der Waals surface area contributed by atoms with E-state index in [1.165, 1.54) is 0 Å². The van der Waals surface area contributed by atoms with Crippen LogP contribution in [-0.4, -0.2) is 31.7 Å². The van der Waals surface area contributed by atoms with E-state index in [-0.39, 0.29) is 12.0 Å². The van der Waals surface area contributed by atoms with Gasteiger partial charge < -0.3 is 16.4 Å². The van der Waals surface area contributed by atoms with E-state index in [0.29, 0.717) is 30.2 Å². The maximum absolute atomic E-state index is 9.01. The van der Waals surface area contributed by atoms with Crippen LogP contribution in [0.3, 0.4) is 0 Å². The fraction of sp³-hybridized carbons (Fsp3) is 0.267. The van der Waals surface area contributed by atoms with Gasteiger partial charge in [-0.3, -0.25) is 5.10 Å². The number of hydrogen-bond donors (Lipinski definition) is 3. The third kappa shape index (κ3) is 2.77. The lowest BCUT2D eigenvalue weighted by Gasteiger charge is -2.30. The third-order valence-corrected chi connectivity index (χ3v) is 3.83. The van der Waals surface area contributed by atoms with Gasteiger partial charge in [0.15, 0.2) is 5.65 Å². The van der Waals surface area contributed by atoms with E-state index in [1.807, 2.05) is 24.0 Å². The van der Waals surface area contributed by atoms with Crippen molar-refractivity contribution in [2.24, 2.45) is 0 Å². The number of pyridine rings is 1. The summed E-state index contributed by atoms with van der Waals surface area (Å²) in [5, 5.41) is 16.5. The molecule has 0 saturated heterocycles. The predicted molar refractivity (Wildman–Crippen MR) is 90.7 cm³/mol. The highest BCUT2D eigenvalue weighted by Crippen LogP contribution is 2.32. The maximum Gasteiger partial charge on any atom is 0.224 e. The van der Waals surface area contributed by atoms with Gasteiger partial charge in [-0.25, -0.2) is 4.98 Å². The lowest BCUT2D eigenvalue weighted by Crippen LogP contribution is -2.30. The number of aromatic amines is 1. The van der Waals surface area contributed by atoms with Crippen molar-refractivity contribution in [1.29, 1.82) is 5.26 Å². The number of anilines is 3. The molecule has 3 aromatic rings. The standard InChI is InChI=1S/C15H17N9/c1-9(10-4-2-6-19-12(10)17)24(7-3-5-16)14-11-8-20-23-13(11)21-15(18)22-14/h2,4,6,8-9H,3,7H2,1H3,(H2,17,19)(H3,18,20,21,22,23). The number of nitrogens with one attached hydrogen (secondary N) is 1. The van der Waals surface area contributed by atoms with Crippen molar-refractivity contribution in [3.8, 4) is 6.07 Å². The summed E-state index contributed by atoms with van der Waals surface area (Å²) >= 11 is 0. The first-order chi connectivity index (χ1) is 11.6. The van der Waals surface area contributed by atoms with Crippen molar-refractivity contribution in [1.82, 2.24) is 25.1 Å². The van der Waals surface area contributed by atoms with Crippen molar-refractivity contribution in [2.75, 3.05) is 22.9 Å². The predicted octanol–water partition coefficient (Wildman–Crippen LogP) is 1.39. The number of hydrogen-bond acceptors (Lipinski definition) is 8. The summed E-state index contributed by atoms with van der Waals surface area (Å²) in [7, 11) is 0. The molecule has 9 heteroatoms. The molecule has 0 spiro atoms. The van der Waals surface area contributed by atoms with Crippen LogP contribution in [0, 0.1) is 11.3 Å². The molecule has 0 bridgehead atoms. The lowest BCUT2D eigenvalue weighted by atomic mass is 10.1. The zero-order valence-electron chi connectivity index (χ0n) is 13.1. The molecule has 1 atom stereocenters. The fourth-order valence-electron chi connectivity index (χ4n) is 2.66. The van der Waals surface area contributed by atoms with Gasteiger partial charge in [-0.15, -0.1) is 0 Å². The topological polar surface area (TPSA) is 146 Å². The quantitative estimate of drug-likeness (QED) is 0.638. The van der Waals surface area contributed by atoms with E-state index >= 15 is 0 Å². The van der Waals surface area contributed by atoms with E-state index in [4.69, 9.17) is 16.7 Å². The first kappa shape index (κ1) is 15.5. The average molecular weight is 323 g/mol. The van der Waals surface area contributed by atoms with Crippen LogP contribution in [0.25, 0.3) is 11.0 Å². The van der Waals surface area contributed by atoms with Gasteiger partial charge in [0.25, 0.3) is 0 Å². The van der Waals surface area contributed by atoms with Gasteiger partial charge in [-0.2, -0.15) is 20.3 Å². The summed E-state index contributed by atoms with van der Waals surface area (Å²) in [5.41, 5.74) is 13.2. The Kier molecular flexibility index (Phi) is 4.11. The molecule has 0 saturated carbocycles. The Balaban J connectivity index is 2.10. The van der Waals surface area contributed by atoms with Gasteiger partial charge in [0.2, 0.25) is 5.95 Å². The Morgan fingerprint density at radius 3 is 2.96 bits per heavy atom. The van der Waals surface area contributed by atoms with Crippen molar-refractivity contribution in [2.45, 2.75) is 19.4 Å². The second kappa shape index (κ2) is 6.37. The minimum Gasteiger partial charge on any atom is -0.383 e. The molecule has 0 aliphatic rings. The Hall–Kier alpha value is -3.41. The second-order valence-corrected chi connectivity index (χ2v) is 5.29. The van der Waals surface area contributed by atoms with Gasteiger partial charge in [-0.1, -0.05) is 6.07 Å². The SMILES string of the molecule is CC(c1cccnc1N)N(CCC#N)c1nc(N)nc2[nH]ncc12. The van der Waals surface area contributed by atoms with Gasteiger partial charge in [0.1, 0.15) is 11.6 Å². The lowest BCUT2D eigenvalue weighted by molar-refractivity contribution is 0.667. The molecule has 122 valence electrons. The van der Waals surface area contributed by atoms with Crippen LogP contribution in [0.1, 0.15) is 24.9 Å². The molecule has 1 unspecified atom stereocenters. The average Bonchev–Trinajstić information content (AvgIpc) is 3.03. The summed E-state index contributed by atoms with van der Waals surface area (Å²) in [6.45, 7) is 2.44. The highest BCUT2D eigenvalue weighted by Gasteiger charge is 2.23. The monoisotopic (exact) mass is 323 g/mol. The molecule has 24 heavy (non-hydrogen) atoms. The van der Waals surface area contributed by atoms with E-state index in [0.717, 1.165) is 10.9 Å². The zero-order valence-corrected chi connectivity index (χ0v) is 13.1. The van der Waals surface area contributed by atoms with Crippen LogP contribution in [0.5, 0.6) is 0 Å². The van der Waals surface area contributed by atoms with Crippen LogP contribution >= 0.6 is 0 Å². The molecule has 9 nitrogen and oxygen atoms in total. The summed E-state index contributed by atoms with van der Waals surface area (Å²) in [6.07, 6.45) is 3.61. The smallest absolute Gasteiger partial charge is 0.224 e. The van der Waals surface area contributed by atoms with Gasteiger partial charge in [-0.05, 0) is 13.0 Å². The number of H-pyrrole nitrogens is 1. The summed E-state index contributed by atoms with van der Waals surface area (Å²) in [6, 6.07) is 5.74. The molecule has 3 rings (SSSR count). The molecule has 3 aromatic heterocycles. The highest BCUT2D eigenvalue weighted by molar-refractivity contribution is 5.87. The summed E-state index contributed by atoms with van der Waals surface area (Å²) < 4.78 is 0. The van der Waals surface area contributed by atoms with Gasteiger partial charge in [0, 0.05) is 18.3 Å². The number of nitrogens with zero attached hydrogens (tertiary/aromatic N) is 6.